The highest BCUT2D eigenvalue weighted by Crippen LogP contribution is 2.29. The molecule has 1 unspecified atom stereocenters. The molecule has 0 bridgehead atoms. The standard InChI is InChI=1S/C19H18F2N4S/c1-13-11-24(8-9-25(13)18-7-6-16(21)10-22-18)19-23-17(12-26-19)14-2-4-15(20)5-3-14/h2-7,10,12-13H,8-9,11H2,1H3. The van der Waals surface area contributed by atoms with Crippen LogP contribution >= 0.6 is 11.3 Å². The largest absolute Gasteiger partial charge is 0.350 e. The minimum atomic E-state index is -0.323. The molecular formula is C19H18F2N4S. The average molecular weight is 372 g/mol. The SMILES string of the molecule is CC1CN(c2nc(-c3ccc(F)cc3)cs2)CCN1c1ccc(F)cn1. The summed E-state index contributed by atoms with van der Waals surface area (Å²) in [5.41, 5.74) is 1.77. The van der Waals surface area contributed by atoms with E-state index in [-0.39, 0.29) is 17.7 Å². The Kier molecular flexibility index (Phi) is 4.55. The lowest BCUT2D eigenvalue weighted by Crippen LogP contribution is -2.52. The van der Waals surface area contributed by atoms with Crippen molar-refractivity contribution in [1.82, 2.24) is 9.97 Å². The summed E-state index contributed by atoms with van der Waals surface area (Å²) in [5, 5.41) is 2.96. The third-order valence-electron chi connectivity index (χ3n) is 4.54. The number of aromatic nitrogens is 2. The van der Waals surface area contributed by atoms with E-state index in [0.29, 0.717) is 0 Å². The van der Waals surface area contributed by atoms with Crippen LogP contribution in [0.3, 0.4) is 0 Å². The van der Waals surface area contributed by atoms with Crippen molar-refractivity contribution in [3.05, 3.63) is 59.6 Å². The van der Waals surface area contributed by atoms with Crippen molar-refractivity contribution in [2.24, 2.45) is 0 Å². The fraction of sp³-hybridized carbons (Fsp3) is 0.263. The molecule has 0 aliphatic carbocycles. The molecule has 1 saturated heterocycles. The fourth-order valence-corrected chi connectivity index (χ4v) is 4.04. The predicted molar refractivity (Wildman–Crippen MR) is 101 cm³/mol. The number of piperazine rings is 1. The zero-order valence-electron chi connectivity index (χ0n) is 14.3. The van der Waals surface area contributed by atoms with E-state index in [1.165, 1.54) is 24.4 Å². The normalized spacial score (nSPS) is 17.6. The van der Waals surface area contributed by atoms with Crippen LogP contribution in [0.2, 0.25) is 0 Å². The highest BCUT2D eigenvalue weighted by atomic mass is 32.1. The van der Waals surface area contributed by atoms with Crippen LogP contribution in [-0.4, -0.2) is 35.6 Å². The van der Waals surface area contributed by atoms with Gasteiger partial charge in [0.05, 0.1) is 11.9 Å². The van der Waals surface area contributed by atoms with Crippen LogP contribution in [0.1, 0.15) is 6.92 Å². The minimum Gasteiger partial charge on any atom is -0.350 e. The van der Waals surface area contributed by atoms with Gasteiger partial charge in [0, 0.05) is 36.6 Å². The van der Waals surface area contributed by atoms with Crippen molar-refractivity contribution >= 4 is 22.3 Å². The second kappa shape index (κ2) is 6.99. The summed E-state index contributed by atoms with van der Waals surface area (Å²) in [7, 11) is 0. The van der Waals surface area contributed by atoms with Gasteiger partial charge >= 0.3 is 0 Å². The Balaban J connectivity index is 1.47. The van der Waals surface area contributed by atoms with Crippen LogP contribution in [0.5, 0.6) is 0 Å². The highest BCUT2D eigenvalue weighted by molar-refractivity contribution is 7.14. The summed E-state index contributed by atoms with van der Waals surface area (Å²) >= 11 is 1.59. The molecule has 7 heteroatoms. The first-order valence-electron chi connectivity index (χ1n) is 8.45. The Morgan fingerprint density at radius 1 is 1.04 bits per heavy atom. The van der Waals surface area contributed by atoms with Crippen LogP contribution in [0.4, 0.5) is 19.7 Å². The molecule has 134 valence electrons. The molecule has 3 aromatic rings. The molecule has 26 heavy (non-hydrogen) atoms. The molecule has 1 atom stereocenters. The van der Waals surface area contributed by atoms with Crippen LogP contribution in [0, 0.1) is 11.6 Å². The van der Waals surface area contributed by atoms with E-state index in [9.17, 15) is 8.78 Å². The summed E-state index contributed by atoms with van der Waals surface area (Å²) < 4.78 is 26.2. The summed E-state index contributed by atoms with van der Waals surface area (Å²) in [5.74, 6) is 0.226. The van der Waals surface area contributed by atoms with Gasteiger partial charge < -0.3 is 9.80 Å². The van der Waals surface area contributed by atoms with Gasteiger partial charge in [-0.3, -0.25) is 0 Å². The second-order valence-electron chi connectivity index (χ2n) is 6.35. The smallest absolute Gasteiger partial charge is 0.185 e. The monoisotopic (exact) mass is 372 g/mol. The zero-order chi connectivity index (χ0) is 18.1. The Bertz CT molecular complexity index is 879. The first kappa shape index (κ1) is 16.9. The number of benzene rings is 1. The Hall–Kier alpha value is -2.54. The van der Waals surface area contributed by atoms with E-state index < -0.39 is 0 Å². The van der Waals surface area contributed by atoms with Gasteiger partial charge in [-0.1, -0.05) is 0 Å². The molecule has 1 aliphatic heterocycles. The summed E-state index contributed by atoms with van der Waals surface area (Å²) in [6.45, 7) is 4.56. The van der Waals surface area contributed by atoms with E-state index in [2.05, 4.69) is 21.7 Å². The molecule has 1 fully saturated rings. The molecule has 1 aliphatic rings. The first-order valence-corrected chi connectivity index (χ1v) is 9.33. The number of hydrogen-bond donors (Lipinski definition) is 0. The van der Waals surface area contributed by atoms with Gasteiger partial charge in [-0.25, -0.2) is 18.7 Å². The molecule has 0 N–H and O–H groups in total. The van der Waals surface area contributed by atoms with Crippen molar-refractivity contribution < 1.29 is 8.78 Å². The first-order chi connectivity index (χ1) is 12.6. The number of hydrogen-bond acceptors (Lipinski definition) is 5. The molecular weight excluding hydrogens is 354 g/mol. The average Bonchev–Trinajstić information content (AvgIpc) is 3.13. The molecule has 0 amide bonds. The topological polar surface area (TPSA) is 32.3 Å². The zero-order valence-corrected chi connectivity index (χ0v) is 15.1. The predicted octanol–water partition coefficient (Wildman–Crippen LogP) is 4.20. The van der Waals surface area contributed by atoms with Crippen molar-refractivity contribution in [2.75, 3.05) is 29.4 Å². The molecule has 0 radical (unpaired) electrons. The van der Waals surface area contributed by atoms with E-state index in [4.69, 9.17) is 4.98 Å². The van der Waals surface area contributed by atoms with Crippen molar-refractivity contribution in [1.29, 1.82) is 0 Å². The van der Waals surface area contributed by atoms with Gasteiger partial charge in [0.15, 0.2) is 5.13 Å². The Labute approximate surface area is 154 Å². The quantitative estimate of drug-likeness (QED) is 0.690. The number of halogens is 2. The molecule has 0 saturated carbocycles. The van der Waals surface area contributed by atoms with Gasteiger partial charge in [-0.15, -0.1) is 11.3 Å². The van der Waals surface area contributed by atoms with Crippen molar-refractivity contribution in [3.8, 4) is 11.3 Å². The van der Waals surface area contributed by atoms with E-state index >= 15 is 0 Å². The molecule has 4 nitrogen and oxygen atoms in total. The number of thiazole rings is 1. The summed E-state index contributed by atoms with van der Waals surface area (Å²) in [6.07, 6.45) is 1.25. The van der Waals surface area contributed by atoms with Gasteiger partial charge in [-0.2, -0.15) is 0 Å². The maximum atomic E-state index is 13.1. The summed E-state index contributed by atoms with van der Waals surface area (Å²) in [6, 6.07) is 9.79. The maximum Gasteiger partial charge on any atom is 0.185 e. The van der Waals surface area contributed by atoms with Gasteiger partial charge in [0.25, 0.3) is 0 Å². The number of pyridine rings is 1. The Morgan fingerprint density at radius 3 is 2.50 bits per heavy atom. The van der Waals surface area contributed by atoms with Gasteiger partial charge in [-0.05, 0) is 43.3 Å². The van der Waals surface area contributed by atoms with Crippen LogP contribution in [0.15, 0.2) is 48.0 Å². The minimum absolute atomic E-state index is 0.236. The molecule has 0 spiro atoms. The lowest BCUT2D eigenvalue weighted by Gasteiger charge is -2.40. The third-order valence-corrected chi connectivity index (χ3v) is 5.44. The van der Waals surface area contributed by atoms with Gasteiger partial charge in [0.2, 0.25) is 0 Å². The third kappa shape index (κ3) is 3.39. The number of anilines is 2. The van der Waals surface area contributed by atoms with E-state index in [0.717, 1.165) is 41.8 Å². The molecule has 2 aromatic heterocycles. The van der Waals surface area contributed by atoms with E-state index in [1.54, 1.807) is 29.5 Å². The van der Waals surface area contributed by atoms with Crippen LogP contribution < -0.4 is 9.80 Å². The molecule has 4 rings (SSSR count). The lowest BCUT2D eigenvalue weighted by molar-refractivity contribution is 0.543. The number of nitrogens with zero attached hydrogens (tertiary/aromatic N) is 4. The van der Waals surface area contributed by atoms with E-state index in [1.807, 2.05) is 5.38 Å². The van der Waals surface area contributed by atoms with Crippen molar-refractivity contribution in [3.63, 3.8) is 0 Å². The number of rotatable bonds is 3. The second-order valence-corrected chi connectivity index (χ2v) is 7.18. The maximum absolute atomic E-state index is 13.1. The fourth-order valence-electron chi connectivity index (χ4n) is 3.17. The lowest BCUT2D eigenvalue weighted by atomic mass is 10.2. The van der Waals surface area contributed by atoms with Crippen molar-refractivity contribution in [2.45, 2.75) is 13.0 Å². The van der Waals surface area contributed by atoms with Crippen LogP contribution in [-0.2, 0) is 0 Å². The Morgan fingerprint density at radius 2 is 1.81 bits per heavy atom. The summed E-state index contributed by atoms with van der Waals surface area (Å²) in [4.78, 5) is 13.3. The van der Waals surface area contributed by atoms with Crippen LogP contribution in [0.25, 0.3) is 11.3 Å². The molecule has 3 heterocycles. The van der Waals surface area contributed by atoms with Gasteiger partial charge in [0.1, 0.15) is 17.5 Å². The highest BCUT2D eigenvalue weighted by Gasteiger charge is 2.26. The molecule has 1 aromatic carbocycles.